The number of piperidine rings is 1. The number of anilines is 1. The maximum Gasteiger partial charge on any atom is 0.263 e. The molecule has 0 aliphatic carbocycles. The first-order chi connectivity index (χ1) is 12.5. The molecule has 150 valence electrons. The number of hydrogen-bond donors (Lipinski definition) is 1. The zero-order valence-electron chi connectivity index (χ0n) is 17.8. The molecule has 1 N–H and O–H groups in total. The minimum absolute atomic E-state index is 0.111. The lowest BCUT2D eigenvalue weighted by atomic mass is 9.72. The Bertz CT molecular complexity index is 535. The summed E-state index contributed by atoms with van der Waals surface area (Å²) in [6.07, 6.45) is 0.689. The van der Waals surface area contributed by atoms with Gasteiger partial charge in [-0.15, -0.1) is 0 Å². The van der Waals surface area contributed by atoms with E-state index in [0.717, 1.165) is 42.9 Å². The van der Waals surface area contributed by atoms with E-state index in [0.29, 0.717) is 0 Å². The maximum atomic E-state index is 12.9. The lowest BCUT2D eigenvalue weighted by Crippen LogP contribution is -2.40. The van der Waals surface area contributed by atoms with Crippen LogP contribution in [0.4, 0.5) is 14.5 Å². The Labute approximate surface area is 159 Å². The summed E-state index contributed by atoms with van der Waals surface area (Å²) >= 11 is 0. The van der Waals surface area contributed by atoms with Gasteiger partial charge in [0.25, 0.3) is 6.43 Å². The van der Waals surface area contributed by atoms with Gasteiger partial charge in [-0.05, 0) is 43.6 Å². The van der Waals surface area contributed by atoms with Crippen LogP contribution in [0.25, 0.3) is 0 Å². The van der Waals surface area contributed by atoms with Crippen LogP contribution in [0.15, 0.2) is 30.5 Å². The van der Waals surface area contributed by atoms with Crippen LogP contribution < -0.4 is 10.2 Å². The van der Waals surface area contributed by atoms with E-state index in [1.807, 2.05) is 34.7 Å². The van der Waals surface area contributed by atoms with E-state index in [2.05, 4.69) is 30.6 Å². The summed E-state index contributed by atoms with van der Waals surface area (Å²) in [4.78, 5) is 2.05. The molecule has 26 heavy (non-hydrogen) atoms. The average Bonchev–Trinajstić information content (AvgIpc) is 2.88. The predicted molar refractivity (Wildman–Crippen MR) is 111 cm³/mol. The van der Waals surface area contributed by atoms with Crippen LogP contribution in [0.3, 0.4) is 0 Å². The van der Waals surface area contributed by atoms with Crippen LogP contribution in [0.1, 0.15) is 78.4 Å². The number of halogens is 2. The fraction of sp³-hybridized carbons (Fsp3) is 0.636. The Morgan fingerprint density at radius 1 is 1.12 bits per heavy atom. The normalized spacial score (nSPS) is 16.7. The van der Waals surface area contributed by atoms with Crippen LogP contribution in [0, 0.1) is 0 Å². The van der Waals surface area contributed by atoms with Gasteiger partial charge in [0.15, 0.2) is 0 Å². The Kier molecular flexibility index (Phi) is 11.4. The molecular weight excluding hydrogens is 330 g/mol. The van der Waals surface area contributed by atoms with Gasteiger partial charge in [0.05, 0.1) is 0 Å². The summed E-state index contributed by atoms with van der Waals surface area (Å²) in [6.45, 7) is 18.3. The molecule has 0 unspecified atom stereocenters. The van der Waals surface area contributed by atoms with Crippen molar-refractivity contribution in [2.24, 2.45) is 0 Å². The number of nitrogens with one attached hydrogen (secondary N) is 1. The molecule has 2 aliphatic heterocycles. The van der Waals surface area contributed by atoms with Crippen molar-refractivity contribution in [2.45, 2.75) is 72.6 Å². The molecule has 1 fully saturated rings. The Morgan fingerprint density at radius 3 is 2.08 bits per heavy atom. The largest absolute Gasteiger partial charge is 0.348 e. The molecule has 0 bridgehead atoms. The van der Waals surface area contributed by atoms with Gasteiger partial charge in [0.1, 0.15) is 0 Å². The maximum absolute atomic E-state index is 12.9. The Balaban J connectivity index is 0.000000793. The van der Waals surface area contributed by atoms with E-state index in [4.69, 9.17) is 0 Å². The highest BCUT2D eigenvalue weighted by Crippen LogP contribution is 2.52. The monoisotopic (exact) mass is 368 g/mol. The second-order valence-electron chi connectivity index (χ2n) is 6.12. The van der Waals surface area contributed by atoms with Gasteiger partial charge in [0, 0.05) is 29.4 Å². The second kappa shape index (κ2) is 12.1. The van der Waals surface area contributed by atoms with Crippen LogP contribution in [-0.4, -0.2) is 20.1 Å². The van der Waals surface area contributed by atoms with Crippen molar-refractivity contribution in [2.75, 3.05) is 25.0 Å². The Hall–Kier alpha value is -1.42. The molecule has 0 aromatic heterocycles. The van der Waals surface area contributed by atoms with E-state index in [-0.39, 0.29) is 11.0 Å². The molecule has 3 rings (SSSR count). The molecule has 0 radical (unpaired) electrons. The SMILES string of the molecule is C=C1N(C)c2ccc(C(F)F)cc2C12CCNCC2.CC.CC.CCC. The fourth-order valence-corrected chi connectivity index (χ4v) is 3.40. The predicted octanol–water partition coefficient (Wildman–Crippen LogP) is 6.68. The van der Waals surface area contributed by atoms with Crippen molar-refractivity contribution in [3.63, 3.8) is 0 Å². The van der Waals surface area contributed by atoms with Gasteiger partial charge < -0.3 is 10.2 Å². The molecule has 1 spiro atoms. The number of hydrogen-bond acceptors (Lipinski definition) is 2. The highest BCUT2D eigenvalue weighted by molar-refractivity contribution is 5.70. The van der Waals surface area contributed by atoms with Crippen molar-refractivity contribution in [1.29, 1.82) is 0 Å². The van der Waals surface area contributed by atoms with Crippen molar-refractivity contribution >= 4 is 5.69 Å². The molecular formula is C22H38F2N2. The molecule has 0 amide bonds. The smallest absolute Gasteiger partial charge is 0.263 e. The molecule has 1 aromatic carbocycles. The zero-order valence-corrected chi connectivity index (χ0v) is 17.8. The summed E-state index contributed by atoms with van der Waals surface area (Å²) < 4.78 is 25.9. The van der Waals surface area contributed by atoms with E-state index >= 15 is 0 Å². The molecule has 0 atom stereocenters. The van der Waals surface area contributed by atoms with Gasteiger partial charge in [-0.2, -0.15) is 0 Å². The average molecular weight is 369 g/mol. The number of fused-ring (bicyclic) bond motifs is 2. The van der Waals surface area contributed by atoms with Crippen molar-refractivity contribution in [3.05, 3.63) is 41.6 Å². The third-order valence-corrected chi connectivity index (χ3v) is 4.56. The van der Waals surface area contributed by atoms with Crippen molar-refractivity contribution < 1.29 is 8.78 Å². The number of allylic oxidation sites excluding steroid dienone is 1. The van der Waals surface area contributed by atoms with Gasteiger partial charge in [-0.3, -0.25) is 0 Å². The third-order valence-electron chi connectivity index (χ3n) is 4.56. The molecule has 1 saturated heterocycles. The van der Waals surface area contributed by atoms with Crippen LogP contribution in [-0.2, 0) is 5.41 Å². The Morgan fingerprint density at radius 2 is 1.62 bits per heavy atom. The quantitative estimate of drug-likeness (QED) is 0.595. The topological polar surface area (TPSA) is 15.3 Å². The number of alkyl halides is 2. The minimum atomic E-state index is -2.41. The highest BCUT2D eigenvalue weighted by atomic mass is 19.3. The van der Waals surface area contributed by atoms with E-state index in [1.54, 1.807) is 12.1 Å². The lowest BCUT2D eigenvalue weighted by Gasteiger charge is -2.36. The van der Waals surface area contributed by atoms with Gasteiger partial charge in [-0.1, -0.05) is 60.6 Å². The van der Waals surface area contributed by atoms with Crippen LogP contribution in [0.5, 0.6) is 0 Å². The summed E-state index contributed by atoms with van der Waals surface area (Å²) in [7, 11) is 1.97. The summed E-state index contributed by atoms with van der Waals surface area (Å²) in [6, 6.07) is 5.01. The molecule has 2 heterocycles. The molecule has 0 saturated carbocycles. The number of rotatable bonds is 1. The minimum Gasteiger partial charge on any atom is -0.348 e. The number of nitrogens with zero attached hydrogens (tertiary/aromatic N) is 1. The highest BCUT2D eigenvalue weighted by Gasteiger charge is 2.45. The fourth-order valence-electron chi connectivity index (χ4n) is 3.40. The van der Waals surface area contributed by atoms with Gasteiger partial charge >= 0.3 is 0 Å². The van der Waals surface area contributed by atoms with E-state index in [1.165, 1.54) is 12.5 Å². The van der Waals surface area contributed by atoms with E-state index in [9.17, 15) is 8.78 Å². The van der Waals surface area contributed by atoms with Crippen LogP contribution in [0.2, 0.25) is 0 Å². The third kappa shape index (κ3) is 5.06. The van der Waals surface area contributed by atoms with Gasteiger partial charge in [-0.25, -0.2) is 8.78 Å². The van der Waals surface area contributed by atoms with Gasteiger partial charge in [0.2, 0.25) is 0 Å². The number of benzene rings is 1. The van der Waals surface area contributed by atoms with Crippen LogP contribution >= 0.6 is 0 Å². The standard InChI is InChI=1S/C15H18F2N2.C3H8.2C2H6/c1-10-15(5-7-18-8-6-15)12-9-11(14(16)17)3-4-13(12)19(10)2;1-3-2;2*1-2/h3-4,9,14,18H,1,5-8H2,2H3;3H2,1-2H3;2*1-2H3. The zero-order chi connectivity index (χ0) is 20.3. The molecule has 2 nitrogen and oxygen atoms in total. The molecule has 4 heteroatoms. The molecule has 2 aliphatic rings. The summed E-state index contributed by atoms with van der Waals surface area (Å²) in [5, 5.41) is 3.33. The second-order valence-corrected chi connectivity index (χ2v) is 6.12. The lowest BCUT2D eigenvalue weighted by molar-refractivity contribution is 0.151. The van der Waals surface area contributed by atoms with E-state index < -0.39 is 6.43 Å². The first kappa shape index (κ1) is 24.6. The summed E-state index contributed by atoms with van der Waals surface area (Å²) in [5.74, 6) is 0. The van der Waals surface area contributed by atoms with Crippen molar-refractivity contribution in [1.82, 2.24) is 5.32 Å². The molecule has 1 aromatic rings. The first-order valence-corrected chi connectivity index (χ1v) is 10.0. The number of likely N-dealkylation sites (N-methyl/N-ethyl adjacent to an activating group) is 1. The first-order valence-electron chi connectivity index (χ1n) is 10.0. The van der Waals surface area contributed by atoms with Crippen molar-refractivity contribution in [3.8, 4) is 0 Å². The summed E-state index contributed by atoms with van der Waals surface area (Å²) in [5.41, 5.74) is 3.05.